The molecule has 0 fully saturated rings. The van der Waals surface area contributed by atoms with E-state index < -0.39 is 15.6 Å². The summed E-state index contributed by atoms with van der Waals surface area (Å²) in [5.41, 5.74) is -3.91. The van der Waals surface area contributed by atoms with Gasteiger partial charge < -0.3 is 4.55 Å². The number of halogens is 4. The highest BCUT2D eigenvalue weighted by atomic mass is 127. The fourth-order valence-corrected chi connectivity index (χ4v) is 2.38. The van der Waals surface area contributed by atoms with E-state index in [2.05, 4.69) is 67.6 Å². The monoisotopic (exact) mass is 410 g/mol. The van der Waals surface area contributed by atoms with Crippen LogP contribution in [-0.2, 0) is 15.5 Å². The van der Waals surface area contributed by atoms with E-state index in [-0.39, 0.29) is 5.41 Å². The average molecular weight is 410 g/mol. The molecule has 0 heterocycles. The van der Waals surface area contributed by atoms with Crippen LogP contribution in [0.3, 0.4) is 0 Å². The SMILES string of the molecule is CC(C)(C)c1ccccc1[IH+].O=S(=O)([O-])C(F)(F)F. The van der Waals surface area contributed by atoms with Crippen molar-refractivity contribution in [2.75, 3.05) is 0 Å². The van der Waals surface area contributed by atoms with Crippen molar-refractivity contribution < 1.29 is 48.7 Å². The second-order valence-corrected chi connectivity index (χ2v) is 7.27. The molecule has 1 rings (SSSR count). The Bertz CT molecular complexity index is 519. The second kappa shape index (κ2) is 6.40. The molecular weight excluding hydrogens is 396 g/mol. The first-order chi connectivity index (χ1) is 8.27. The topological polar surface area (TPSA) is 57.2 Å². The van der Waals surface area contributed by atoms with Gasteiger partial charge in [0.05, 0.1) is 0 Å². The van der Waals surface area contributed by atoms with Crippen molar-refractivity contribution in [1.29, 1.82) is 0 Å². The van der Waals surface area contributed by atoms with Crippen molar-refractivity contribution in [3.63, 3.8) is 0 Å². The molecule has 1 aromatic carbocycles. The first kappa shape index (κ1) is 18.7. The second-order valence-electron chi connectivity index (χ2n) is 4.65. The van der Waals surface area contributed by atoms with E-state index in [1.165, 1.54) is 9.13 Å². The fourth-order valence-electron chi connectivity index (χ4n) is 1.09. The molecule has 0 N–H and O–H groups in total. The van der Waals surface area contributed by atoms with Crippen LogP contribution in [0.1, 0.15) is 26.3 Å². The van der Waals surface area contributed by atoms with Crippen LogP contribution in [0.5, 0.6) is 0 Å². The summed E-state index contributed by atoms with van der Waals surface area (Å²) < 4.78 is 60.3. The lowest BCUT2D eigenvalue weighted by Crippen LogP contribution is -3.34. The van der Waals surface area contributed by atoms with Gasteiger partial charge in [0.1, 0.15) is 0 Å². The molecule has 0 aliphatic carbocycles. The van der Waals surface area contributed by atoms with E-state index in [4.69, 9.17) is 13.0 Å². The van der Waals surface area contributed by atoms with Gasteiger partial charge >= 0.3 is 5.51 Å². The van der Waals surface area contributed by atoms with E-state index in [9.17, 15) is 13.2 Å². The van der Waals surface area contributed by atoms with Crippen molar-refractivity contribution in [3.8, 4) is 0 Å². The molecule has 8 heteroatoms. The zero-order valence-corrected chi connectivity index (χ0v) is 13.6. The van der Waals surface area contributed by atoms with Crippen LogP contribution in [0.2, 0.25) is 0 Å². The average Bonchev–Trinajstić information content (AvgIpc) is 2.14. The molecule has 3 nitrogen and oxygen atoms in total. The lowest BCUT2D eigenvalue weighted by molar-refractivity contribution is -0.330. The first-order valence-electron chi connectivity index (χ1n) is 5.05. The number of rotatable bonds is 0. The van der Waals surface area contributed by atoms with E-state index in [0.717, 1.165) is 0 Å². The Morgan fingerprint density at radius 2 is 1.47 bits per heavy atom. The zero-order chi connectivity index (χ0) is 15.5. The normalized spacial score (nSPS) is 12.6. The van der Waals surface area contributed by atoms with Gasteiger partial charge in [-0.2, -0.15) is 13.2 Å². The minimum Gasteiger partial charge on any atom is -0.741 e. The number of alkyl halides is 3. The maximum Gasteiger partial charge on any atom is 0.485 e. The minimum atomic E-state index is -6.09. The van der Waals surface area contributed by atoms with Crippen molar-refractivity contribution >= 4 is 10.1 Å². The Morgan fingerprint density at radius 1 is 1.11 bits per heavy atom. The Morgan fingerprint density at radius 3 is 1.68 bits per heavy atom. The van der Waals surface area contributed by atoms with Gasteiger partial charge in [0.15, 0.2) is 13.7 Å². The standard InChI is InChI=1S/C10H14I.CHF3O3S/c1-10(2,3)8-6-4-5-7-9(8)11;2-1(3,4)8(5,6)7/h4-7,11H,1-3H3;(H,5,6,7)/q+1;/p-1. The first-order valence-corrected chi connectivity index (χ1v) is 7.63. The van der Waals surface area contributed by atoms with Gasteiger partial charge in [0.2, 0.25) is 0 Å². The number of hydrogen-bond donors (Lipinski definition) is 0. The summed E-state index contributed by atoms with van der Waals surface area (Å²) in [5.74, 6) is 0. The molecule has 0 saturated carbocycles. The minimum absolute atomic E-state index is 0.286. The van der Waals surface area contributed by atoms with Crippen molar-refractivity contribution in [1.82, 2.24) is 0 Å². The Balaban J connectivity index is 0.000000362. The summed E-state index contributed by atoms with van der Waals surface area (Å²) >= 11 is 2.09. The third kappa shape index (κ3) is 6.57. The largest absolute Gasteiger partial charge is 0.741 e. The van der Waals surface area contributed by atoms with Gasteiger partial charge in [0, 0.05) is 5.56 Å². The van der Waals surface area contributed by atoms with Crippen LogP contribution in [0.25, 0.3) is 0 Å². The van der Waals surface area contributed by atoms with Gasteiger partial charge in [-0.05, 0) is 11.5 Å². The molecule has 0 radical (unpaired) electrons. The van der Waals surface area contributed by atoms with Crippen molar-refractivity contribution in [2.24, 2.45) is 0 Å². The molecule has 0 aliphatic heterocycles. The molecule has 0 amide bonds. The van der Waals surface area contributed by atoms with Crippen LogP contribution in [0, 0.1) is 3.57 Å². The highest BCUT2D eigenvalue weighted by Gasteiger charge is 2.36. The van der Waals surface area contributed by atoms with Crippen LogP contribution in [-0.4, -0.2) is 18.5 Å². The predicted octanol–water partition coefficient (Wildman–Crippen LogP) is -0.509. The van der Waals surface area contributed by atoms with Crippen LogP contribution >= 0.6 is 0 Å². The van der Waals surface area contributed by atoms with Gasteiger partial charge in [-0.3, -0.25) is 0 Å². The summed E-state index contributed by atoms with van der Waals surface area (Å²) in [4.78, 5) is 0. The highest BCUT2D eigenvalue weighted by Crippen LogP contribution is 2.21. The van der Waals surface area contributed by atoms with E-state index in [1.807, 2.05) is 0 Å². The van der Waals surface area contributed by atoms with Crippen molar-refractivity contribution in [2.45, 2.75) is 31.7 Å². The van der Waals surface area contributed by atoms with Crippen LogP contribution in [0.4, 0.5) is 13.2 Å². The molecule has 0 unspecified atom stereocenters. The Hall–Kier alpha value is -0.350. The molecule has 19 heavy (non-hydrogen) atoms. The molecule has 0 atom stereocenters. The van der Waals surface area contributed by atoms with E-state index >= 15 is 0 Å². The van der Waals surface area contributed by atoms with Crippen LogP contribution < -0.4 is 22.6 Å². The molecule has 1 aromatic rings. The highest BCUT2D eigenvalue weighted by molar-refractivity contribution is 7.86. The Labute approximate surface area is 124 Å². The molecule has 0 aliphatic rings. The maximum atomic E-state index is 10.7. The molecular formula is C11H14F3IO3S. The van der Waals surface area contributed by atoms with Gasteiger partial charge in [0.25, 0.3) is 22.6 Å². The van der Waals surface area contributed by atoms with Crippen molar-refractivity contribution in [3.05, 3.63) is 33.4 Å². The lowest BCUT2D eigenvalue weighted by Gasteiger charge is -2.17. The maximum absolute atomic E-state index is 10.7. The van der Waals surface area contributed by atoms with E-state index in [1.54, 1.807) is 0 Å². The fraction of sp³-hybridized carbons (Fsp3) is 0.455. The molecule has 0 spiro atoms. The molecule has 110 valence electrons. The predicted molar refractivity (Wildman–Crippen MR) is 61.0 cm³/mol. The summed E-state index contributed by atoms with van der Waals surface area (Å²) in [6, 6.07) is 8.57. The van der Waals surface area contributed by atoms with E-state index in [0.29, 0.717) is 0 Å². The molecule has 0 aromatic heterocycles. The van der Waals surface area contributed by atoms with Gasteiger partial charge in [-0.25, -0.2) is 8.42 Å². The van der Waals surface area contributed by atoms with Crippen LogP contribution in [0.15, 0.2) is 24.3 Å². The third-order valence-electron chi connectivity index (χ3n) is 1.98. The van der Waals surface area contributed by atoms with Gasteiger partial charge in [-0.15, -0.1) is 0 Å². The summed E-state index contributed by atoms with van der Waals surface area (Å²) in [7, 11) is -6.09. The zero-order valence-electron chi connectivity index (χ0n) is 10.5. The molecule has 0 saturated heterocycles. The Kier molecular flexibility index (Phi) is 6.28. The lowest BCUT2D eigenvalue weighted by atomic mass is 9.87. The summed E-state index contributed by atoms with van der Waals surface area (Å²) in [5, 5.41) is 0. The van der Waals surface area contributed by atoms with Gasteiger partial charge in [-0.1, -0.05) is 39.0 Å². The number of hydrogen-bond acceptors (Lipinski definition) is 3. The smallest absolute Gasteiger partial charge is 0.485 e. The number of benzene rings is 1. The summed E-state index contributed by atoms with van der Waals surface area (Å²) in [6.45, 7) is 6.74. The summed E-state index contributed by atoms with van der Waals surface area (Å²) in [6.07, 6.45) is 0. The third-order valence-corrected chi connectivity index (χ3v) is 3.56. The quantitative estimate of drug-likeness (QED) is 0.329. The molecule has 0 bridgehead atoms.